The summed E-state index contributed by atoms with van der Waals surface area (Å²) in [6.07, 6.45) is -0.500. The largest absolute Gasteiger partial charge is 0.454 e. The summed E-state index contributed by atoms with van der Waals surface area (Å²) in [5, 5.41) is 1.87. The molecule has 1 aliphatic heterocycles. The summed E-state index contributed by atoms with van der Waals surface area (Å²) in [6.45, 7) is 2.13. The number of hydrogen-bond donors (Lipinski definition) is 0. The lowest BCUT2D eigenvalue weighted by Crippen LogP contribution is -2.18. The molecule has 138 valence electrons. The molecular weight excluding hydrogens is 476 g/mol. The Hall–Kier alpha value is -2.05. The van der Waals surface area contributed by atoms with E-state index in [4.69, 9.17) is 14.2 Å². The molecule has 0 saturated carbocycles. The number of ether oxygens (including phenoxy) is 3. The summed E-state index contributed by atoms with van der Waals surface area (Å²) in [4.78, 5) is 12.9. The first kappa shape index (κ1) is 18.3. The molecule has 6 heteroatoms. The fraction of sp³-hybridized carbons (Fsp3) is 0.190. The second-order valence-electron chi connectivity index (χ2n) is 6.26. The van der Waals surface area contributed by atoms with Gasteiger partial charge in [-0.3, -0.25) is 0 Å². The van der Waals surface area contributed by atoms with Gasteiger partial charge in [0, 0.05) is 10.0 Å². The fourth-order valence-electron chi connectivity index (χ4n) is 3.14. The van der Waals surface area contributed by atoms with Gasteiger partial charge in [0.15, 0.2) is 11.5 Å². The maximum Gasteiger partial charge on any atom is 0.339 e. The standard InChI is InChI=1S/C21H16Br2O4/c1-12(22)20(16-9-18-19(10-17(16)23)26-11-25-18)27-21(24)15-8-4-6-13-5-2-3-7-14(13)15/h2-10,12,20H,11H2,1H3/t12-,20-/m0/s1. The molecule has 0 unspecified atom stereocenters. The summed E-state index contributed by atoms with van der Waals surface area (Å²) < 4.78 is 17.6. The van der Waals surface area contributed by atoms with Gasteiger partial charge >= 0.3 is 5.97 Å². The van der Waals surface area contributed by atoms with Crippen LogP contribution in [0.15, 0.2) is 59.1 Å². The predicted molar refractivity (Wildman–Crippen MR) is 111 cm³/mol. The van der Waals surface area contributed by atoms with Gasteiger partial charge in [0.05, 0.1) is 10.4 Å². The van der Waals surface area contributed by atoms with Crippen molar-refractivity contribution in [3.8, 4) is 11.5 Å². The van der Waals surface area contributed by atoms with Gasteiger partial charge in [0.25, 0.3) is 0 Å². The minimum Gasteiger partial charge on any atom is -0.454 e. The smallest absolute Gasteiger partial charge is 0.339 e. The molecule has 4 rings (SSSR count). The summed E-state index contributed by atoms with van der Waals surface area (Å²) in [5.74, 6) is 0.951. The lowest BCUT2D eigenvalue weighted by atomic mass is 10.0. The highest BCUT2D eigenvalue weighted by molar-refractivity contribution is 9.10. The number of benzene rings is 3. The predicted octanol–water partition coefficient (Wildman–Crippen LogP) is 6.01. The van der Waals surface area contributed by atoms with Gasteiger partial charge in [-0.25, -0.2) is 4.79 Å². The Morgan fingerprint density at radius 1 is 1.07 bits per heavy atom. The summed E-state index contributed by atoms with van der Waals surface area (Å²) >= 11 is 7.13. The number of esters is 1. The van der Waals surface area contributed by atoms with Crippen molar-refractivity contribution in [3.63, 3.8) is 0 Å². The van der Waals surface area contributed by atoms with Crippen molar-refractivity contribution in [2.45, 2.75) is 17.9 Å². The lowest BCUT2D eigenvalue weighted by molar-refractivity contribution is 0.0305. The number of halogens is 2. The van der Waals surface area contributed by atoms with E-state index in [0.717, 1.165) is 20.8 Å². The Morgan fingerprint density at radius 2 is 1.78 bits per heavy atom. The molecule has 0 aliphatic carbocycles. The van der Waals surface area contributed by atoms with Crippen LogP contribution in [0.4, 0.5) is 0 Å². The first-order valence-corrected chi connectivity index (χ1v) is 10.2. The average Bonchev–Trinajstić information content (AvgIpc) is 3.12. The van der Waals surface area contributed by atoms with E-state index in [9.17, 15) is 4.79 Å². The van der Waals surface area contributed by atoms with E-state index >= 15 is 0 Å². The molecule has 0 N–H and O–H groups in total. The Morgan fingerprint density at radius 3 is 2.56 bits per heavy atom. The lowest BCUT2D eigenvalue weighted by Gasteiger charge is -2.22. The van der Waals surface area contributed by atoms with E-state index in [1.807, 2.05) is 55.5 Å². The molecule has 0 aromatic heterocycles. The van der Waals surface area contributed by atoms with Crippen LogP contribution in [0, 0.1) is 0 Å². The van der Waals surface area contributed by atoms with Gasteiger partial charge < -0.3 is 14.2 Å². The Labute approximate surface area is 173 Å². The molecule has 0 radical (unpaired) electrons. The summed E-state index contributed by atoms with van der Waals surface area (Å²) in [6, 6.07) is 17.1. The second-order valence-corrected chi connectivity index (χ2v) is 8.56. The molecule has 0 saturated heterocycles. The third kappa shape index (κ3) is 3.56. The van der Waals surface area contributed by atoms with Gasteiger partial charge in [-0.1, -0.05) is 68.3 Å². The van der Waals surface area contributed by atoms with Crippen molar-refractivity contribution >= 4 is 48.6 Å². The van der Waals surface area contributed by atoms with E-state index in [1.54, 1.807) is 6.07 Å². The number of carbonyl (C=O) groups is 1. The van der Waals surface area contributed by atoms with Crippen LogP contribution in [0.3, 0.4) is 0 Å². The molecular formula is C21H16Br2O4. The summed E-state index contributed by atoms with van der Waals surface area (Å²) in [7, 11) is 0. The number of hydrogen-bond acceptors (Lipinski definition) is 4. The quantitative estimate of drug-likeness (QED) is 0.331. The topological polar surface area (TPSA) is 44.8 Å². The van der Waals surface area contributed by atoms with Gasteiger partial charge in [0.2, 0.25) is 6.79 Å². The monoisotopic (exact) mass is 490 g/mol. The average molecular weight is 492 g/mol. The highest BCUT2D eigenvalue weighted by Crippen LogP contribution is 2.42. The van der Waals surface area contributed by atoms with Gasteiger partial charge in [0.1, 0.15) is 6.10 Å². The molecule has 0 spiro atoms. The summed E-state index contributed by atoms with van der Waals surface area (Å²) in [5.41, 5.74) is 1.36. The van der Waals surface area contributed by atoms with Crippen molar-refractivity contribution in [1.82, 2.24) is 0 Å². The van der Waals surface area contributed by atoms with Crippen LogP contribution in [0.1, 0.15) is 28.9 Å². The van der Waals surface area contributed by atoms with Gasteiger partial charge in [-0.2, -0.15) is 0 Å². The zero-order valence-corrected chi connectivity index (χ0v) is 17.6. The van der Waals surface area contributed by atoms with E-state index in [1.165, 1.54) is 0 Å². The Bertz CT molecular complexity index is 1010. The van der Waals surface area contributed by atoms with E-state index in [2.05, 4.69) is 31.9 Å². The minimum atomic E-state index is -0.500. The SMILES string of the molecule is C[C@H](Br)[C@H](OC(=O)c1cccc2ccccc12)c1cc2c(cc1Br)OCO2. The van der Waals surface area contributed by atoms with Crippen LogP contribution in [-0.2, 0) is 4.74 Å². The van der Waals surface area contributed by atoms with Crippen LogP contribution in [0.2, 0.25) is 0 Å². The van der Waals surface area contributed by atoms with Gasteiger partial charge in [-0.05, 0) is 35.9 Å². The fourth-order valence-corrected chi connectivity index (χ4v) is 4.08. The zero-order chi connectivity index (χ0) is 19.0. The molecule has 2 atom stereocenters. The van der Waals surface area contributed by atoms with E-state index in [0.29, 0.717) is 17.1 Å². The van der Waals surface area contributed by atoms with Crippen LogP contribution >= 0.6 is 31.9 Å². The van der Waals surface area contributed by atoms with Crippen molar-refractivity contribution < 1.29 is 19.0 Å². The van der Waals surface area contributed by atoms with Crippen LogP contribution in [-0.4, -0.2) is 17.6 Å². The number of carbonyl (C=O) groups excluding carboxylic acids is 1. The maximum absolute atomic E-state index is 13.0. The highest BCUT2D eigenvalue weighted by atomic mass is 79.9. The molecule has 27 heavy (non-hydrogen) atoms. The Balaban J connectivity index is 1.69. The first-order chi connectivity index (χ1) is 13.0. The minimum absolute atomic E-state index is 0.104. The molecule has 0 fully saturated rings. The molecule has 3 aromatic rings. The van der Waals surface area contributed by atoms with Crippen molar-refractivity contribution in [2.75, 3.05) is 6.79 Å². The molecule has 1 heterocycles. The Kier molecular flexibility index (Phi) is 5.10. The highest BCUT2D eigenvalue weighted by Gasteiger charge is 2.28. The van der Waals surface area contributed by atoms with Crippen LogP contribution in [0.5, 0.6) is 11.5 Å². The van der Waals surface area contributed by atoms with Crippen molar-refractivity contribution in [3.05, 3.63) is 70.2 Å². The number of alkyl halides is 1. The van der Waals surface area contributed by atoms with E-state index < -0.39 is 6.10 Å². The first-order valence-electron chi connectivity index (χ1n) is 8.46. The van der Waals surface area contributed by atoms with Gasteiger partial charge in [-0.15, -0.1) is 0 Å². The molecule has 1 aliphatic rings. The van der Waals surface area contributed by atoms with E-state index in [-0.39, 0.29) is 17.6 Å². The molecule has 0 amide bonds. The van der Waals surface area contributed by atoms with Crippen molar-refractivity contribution in [2.24, 2.45) is 0 Å². The second kappa shape index (κ2) is 7.52. The maximum atomic E-state index is 13.0. The van der Waals surface area contributed by atoms with Crippen LogP contribution < -0.4 is 9.47 Å². The third-order valence-corrected chi connectivity index (χ3v) is 5.63. The van der Waals surface area contributed by atoms with Crippen molar-refractivity contribution in [1.29, 1.82) is 0 Å². The number of fused-ring (bicyclic) bond motifs is 2. The molecule has 4 nitrogen and oxygen atoms in total. The molecule has 3 aromatic carbocycles. The third-order valence-electron chi connectivity index (χ3n) is 4.46. The molecule has 0 bridgehead atoms. The van der Waals surface area contributed by atoms with Crippen LogP contribution in [0.25, 0.3) is 10.8 Å². The number of rotatable bonds is 4. The zero-order valence-electron chi connectivity index (χ0n) is 14.4. The normalized spacial score (nSPS) is 14.8.